The number of fused-ring (bicyclic) bond motifs is 1. The van der Waals surface area contributed by atoms with E-state index < -0.39 is 0 Å². The highest BCUT2D eigenvalue weighted by Crippen LogP contribution is 2.24. The lowest BCUT2D eigenvalue weighted by atomic mass is 9.95. The van der Waals surface area contributed by atoms with Gasteiger partial charge in [0.15, 0.2) is 5.58 Å². The zero-order valence-corrected chi connectivity index (χ0v) is 16.8. The summed E-state index contributed by atoms with van der Waals surface area (Å²) in [6.45, 7) is 0. The van der Waals surface area contributed by atoms with E-state index in [-0.39, 0.29) is 11.9 Å². The minimum Gasteiger partial charge on any atom is -0.462 e. The number of carbonyl (C=O) groups is 1. The molecule has 1 amide bonds. The van der Waals surface area contributed by atoms with Crippen LogP contribution in [-0.2, 0) is 6.42 Å². The number of aromatic nitrogens is 3. The van der Waals surface area contributed by atoms with Gasteiger partial charge in [-0.25, -0.2) is 9.67 Å². The molecule has 0 saturated heterocycles. The Hall–Kier alpha value is -3.41. The van der Waals surface area contributed by atoms with Crippen molar-refractivity contribution in [3.63, 3.8) is 0 Å². The first-order valence-corrected chi connectivity index (χ1v) is 10.5. The smallest absolute Gasteiger partial charge is 0.270 e. The summed E-state index contributed by atoms with van der Waals surface area (Å²) in [6.07, 6.45) is 11.7. The Balaban J connectivity index is 1.39. The van der Waals surface area contributed by atoms with Gasteiger partial charge in [0.05, 0.1) is 12.0 Å². The molecule has 1 N–H and O–H groups in total. The van der Waals surface area contributed by atoms with Crippen LogP contribution in [0.25, 0.3) is 16.8 Å². The van der Waals surface area contributed by atoms with Crippen LogP contribution in [0.2, 0.25) is 0 Å². The van der Waals surface area contributed by atoms with Crippen molar-refractivity contribution in [3.05, 3.63) is 77.9 Å². The third-order valence-electron chi connectivity index (χ3n) is 5.76. The average molecular weight is 400 g/mol. The van der Waals surface area contributed by atoms with Gasteiger partial charge < -0.3 is 9.73 Å². The number of hydrogen-bond donors (Lipinski definition) is 1. The second-order valence-corrected chi connectivity index (χ2v) is 7.90. The summed E-state index contributed by atoms with van der Waals surface area (Å²) in [6, 6.07) is 14.1. The molecule has 152 valence electrons. The highest BCUT2D eigenvalue weighted by molar-refractivity contribution is 5.95. The average Bonchev–Trinajstić information content (AvgIpc) is 3.47. The van der Waals surface area contributed by atoms with E-state index in [2.05, 4.69) is 27.5 Å². The molecule has 1 fully saturated rings. The van der Waals surface area contributed by atoms with Gasteiger partial charge in [-0.1, -0.05) is 31.4 Å². The van der Waals surface area contributed by atoms with Crippen LogP contribution in [0.1, 0.15) is 53.7 Å². The number of carbonyl (C=O) groups excluding carboxylic acids is 1. The Morgan fingerprint density at radius 1 is 1.13 bits per heavy atom. The molecule has 1 aliphatic rings. The van der Waals surface area contributed by atoms with Gasteiger partial charge in [-0.3, -0.25) is 4.79 Å². The van der Waals surface area contributed by atoms with Crippen LogP contribution in [0.3, 0.4) is 0 Å². The minimum atomic E-state index is -0.0970. The highest BCUT2D eigenvalue weighted by atomic mass is 16.3. The summed E-state index contributed by atoms with van der Waals surface area (Å²) < 4.78 is 7.51. The largest absolute Gasteiger partial charge is 0.462 e. The Morgan fingerprint density at radius 2 is 1.97 bits per heavy atom. The predicted molar refractivity (Wildman–Crippen MR) is 115 cm³/mol. The summed E-state index contributed by atoms with van der Waals surface area (Å²) in [5.74, 6) is -0.0970. The molecule has 0 atom stereocenters. The highest BCUT2D eigenvalue weighted by Gasteiger charge is 2.19. The van der Waals surface area contributed by atoms with Gasteiger partial charge in [0.1, 0.15) is 11.2 Å². The number of amides is 1. The van der Waals surface area contributed by atoms with Crippen LogP contribution in [0, 0.1) is 0 Å². The minimum absolute atomic E-state index is 0.0970. The Bertz CT molecular complexity index is 1140. The van der Waals surface area contributed by atoms with E-state index in [1.165, 1.54) is 19.3 Å². The summed E-state index contributed by atoms with van der Waals surface area (Å²) in [5, 5.41) is 7.43. The van der Waals surface area contributed by atoms with Crippen molar-refractivity contribution >= 4 is 17.0 Å². The summed E-state index contributed by atoms with van der Waals surface area (Å²) in [4.78, 5) is 17.4. The van der Waals surface area contributed by atoms with E-state index in [4.69, 9.17) is 4.42 Å². The quantitative estimate of drug-likeness (QED) is 0.528. The Kier molecular flexibility index (Phi) is 5.05. The maximum Gasteiger partial charge on any atom is 0.270 e. The lowest BCUT2D eigenvalue weighted by molar-refractivity contribution is 0.0923. The van der Waals surface area contributed by atoms with Gasteiger partial charge in [-0.15, -0.1) is 0 Å². The predicted octanol–water partition coefficient (Wildman–Crippen LogP) is 4.67. The molecule has 6 nitrogen and oxygen atoms in total. The fraction of sp³-hybridized carbons (Fsp3) is 0.292. The molecular weight excluding hydrogens is 376 g/mol. The van der Waals surface area contributed by atoms with Crippen LogP contribution in [-0.4, -0.2) is 26.7 Å². The first-order chi connectivity index (χ1) is 14.8. The number of hydrogen-bond acceptors (Lipinski definition) is 4. The second-order valence-electron chi connectivity index (χ2n) is 7.90. The molecule has 1 saturated carbocycles. The molecule has 1 aliphatic carbocycles. The summed E-state index contributed by atoms with van der Waals surface area (Å²) in [7, 11) is 0. The number of benzene rings is 1. The van der Waals surface area contributed by atoms with Gasteiger partial charge in [-0.2, -0.15) is 5.10 Å². The molecule has 3 aromatic heterocycles. The molecule has 0 radical (unpaired) electrons. The third kappa shape index (κ3) is 3.85. The first kappa shape index (κ1) is 18.6. The fourth-order valence-electron chi connectivity index (χ4n) is 4.19. The number of pyridine rings is 1. The van der Waals surface area contributed by atoms with E-state index >= 15 is 0 Å². The number of nitrogens with one attached hydrogen (secondary N) is 1. The molecule has 0 aliphatic heterocycles. The van der Waals surface area contributed by atoms with Crippen molar-refractivity contribution in [2.45, 2.75) is 44.6 Å². The van der Waals surface area contributed by atoms with Gasteiger partial charge in [0, 0.05) is 36.5 Å². The van der Waals surface area contributed by atoms with Gasteiger partial charge >= 0.3 is 0 Å². The van der Waals surface area contributed by atoms with Crippen molar-refractivity contribution in [1.29, 1.82) is 0 Å². The number of furan rings is 1. The standard InChI is InChI=1S/C24H24N4O2/c29-24(26-19-5-2-1-3-6-19)22-16-18(23-21(27-22)11-14-30-23)15-17-7-9-20(10-8-17)28-13-4-12-25-28/h4,7-14,16,19H,1-3,5-6,15H2,(H,26,29). The third-order valence-corrected chi connectivity index (χ3v) is 5.76. The van der Waals surface area contributed by atoms with E-state index in [0.29, 0.717) is 12.1 Å². The molecule has 6 heteroatoms. The van der Waals surface area contributed by atoms with Gasteiger partial charge in [0.2, 0.25) is 0 Å². The van der Waals surface area contributed by atoms with Crippen LogP contribution in [0.5, 0.6) is 0 Å². The van der Waals surface area contributed by atoms with Crippen LogP contribution < -0.4 is 5.32 Å². The second kappa shape index (κ2) is 8.14. The normalized spacial score (nSPS) is 14.8. The van der Waals surface area contributed by atoms with Crippen LogP contribution in [0.15, 0.2) is 65.5 Å². The zero-order chi connectivity index (χ0) is 20.3. The lowest BCUT2D eigenvalue weighted by Crippen LogP contribution is -2.36. The van der Waals surface area contributed by atoms with Crippen molar-refractivity contribution in [2.75, 3.05) is 0 Å². The topological polar surface area (TPSA) is 73.0 Å². The van der Waals surface area contributed by atoms with Gasteiger partial charge in [0.25, 0.3) is 5.91 Å². The molecule has 0 unspecified atom stereocenters. The summed E-state index contributed by atoms with van der Waals surface area (Å²) in [5.41, 5.74) is 5.01. The molecule has 4 aromatic rings. The maximum absolute atomic E-state index is 12.8. The Morgan fingerprint density at radius 3 is 2.73 bits per heavy atom. The monoisotopic (exact) mass is 400 g/mol. The molecule has 0 bridgehead atoms. The first-order valence-electron chi connectivity index (χ1n) is 10.5. The lowest BCUT2D eigenvalue weighted by Gasteiger charge is -2.22. The molecule has 1 aromatic carbocycles. The molecular formula is C24H24N4O2. The van der Waals surface area contributed by atoms with Crippen molar-refractivity contribution < 1.29 is 9.21 Å². The fourth-order valence-corrected chi connectivity index (χ4v) is 4.19. The Labute approximate surface area is 174 Å². The van der Waals surface area contributed by atoms with E-state index in [1.807, 2.05) is 41.2 Å². The van der Waals surface area contributed by atoms with Gasteiger partial charge in [-0.05, 0) is 42.7 Å². The SMILES string of the molecule is O=C(NC1CCCCC1)c1cc(Cc2ccc(-n3cccn3)cc2)c2occc2n1. The van der Waals surface area contributed by atoms with Crippen LogP contribution >= 0.6 is 0 Å². The molecule has 3 heterocycles. The number of rotatable bonds is 5. The molecule has 5 rings (SSSR count). The summed E-state index contributed by atoms with van der Waals surface area (Å²) >= 11 is 0. The zero-order valence-electron chi connectivity index (χ0n) is 16.8. The maximum atomic E-state index is 12.8. The number of nitrogens with zero attached hydrogens (tertiary/aromatic N) is 3. The molecule has 30 heavy (non-hydrogen) atoms. The van der Waals surface area contributed by atoms with E-state index in [0.717, 1.165) is 40.8 Å². The van der Waals surface area contributed by atoms with Crippen molar-refractivity contribution in [3.8, 4) is 5.69 Å². The van der Waals surface area contributed by atoms with Crippen molar-refractivity contribution in [2.24, 2.45) is 0 Å². The van der Waals surface area contributed by atoms with Crippen molar-refractivity contribution in [1.82, 2.24) is 20.1 Å². The van der Waals surface area contributed by atoms with E-state index in [9.17, 15) is 4.79 Å². The molecule has 0 spiro atoms. The van der Waals surface area contributed by atoms with Crippen LogP contribution in [0.4, 0.5) is 0 Å². The van der Waals surface area contributed by atoms with E-state index in [1.54, 1.807) is 12.5 Å².